The van der Waals surface area contributed by atoms with Crippen molar-refractivity contribution in [2.24, 2.45) is 0 Å². The van der Waals surface area contributed by atoms with Crippen molar-refractivity contribution in [3.63, 3.8) is 0 Å². The Morgan fingerprint density at radius 2 is 2.03 bits per heavy atom. The molecular formula is C25H36N6O3. The van der Waals surface area contributed by atoms with E-state index in [4.69, 9.17) is 4.74 Å². The van der Waals surface area contributed by atoms with Crippen molar-refractivity contribution in [2.45, 2.75) is 31.3 Å². The van der Waals surface area contributed by atoms with E-state index in [2.05, 4.69) is 25.1 Å². The maximum atomic E-state index is 13.1. The summed E-state index contributed by atoms with van der Waals surface area (Å²) >= 11 is 0. The Labute approximate surface area is 201 Å². The molecule has 2 aliphatic heterocycles. The molecular weight excluding hydrogens is 432 g/mol. The van der Waals surface area contributed by atoms with Crippen LogP contribution in [0.5, 0.6) is 5.75 Å². The predicted molar refractivity (Wildman–Crippen MR) is 133 cm³/mol. The van der Waals surface area contributed by atoms with E-state index < -0.39 is 5.60 Å². The second kappa shape index (κ2) is 11.0. The SMILES string of the molecule is CNc1cc(N2CCCC(O)(CN(C)C(=O)c3cccc(OCCN4CCCC4)c3)C2)ncn1. The van der Waals surface area contributed by atoms with Crippen LogP contribution in [0.15, 0.2) is 36.7 Å². The Kier molecular flexibility index (Phi) is 7.84. The minimum absolute atomic E-state index is 0.130. The average molecular weight is 469 g/mol. The van der Waals surface area contributed by atoms with Crippen LogP contribution in [0, 0.1) is 0 Å². The minimum atomic E-state index is -1.02. The smallest absolute Gasteiger partial charge is 0.253 e. The summed E-state index contributed by atoms with van der Waals surface area (Å²) in [4.78, 5) is 27.7. The fraction of sp³-hybridized carbons (Fsp3) is 0.560. The third-order valence-corrected chi connectivity index (χ3v) is 6.62. The molecule has 9 heteroatoms. The van der Waals surface area contributed by atoms with Crippen LogP contribution in [0.2, 0.25) is 0 Å². The van der Waals surface area contributed by atoms with Crippen LogP contribution in [-0.4, -0.2) is 96.4 Å². The lowest BCUT2D eigenvalue weighted by Gasteiger charge is -2.41. The second-order valence-corrected chi connectivity index (χ2v) is 9.35. The number of nitrogens with one attached hydrogen (secondary N) is 1. The van der Waals surface area contributed by atoms with Crippen molar-refractivity contribution in [3.8, 4) is 5.75 Å². The van der Waals surface area contributed by atoms with Crippen molar-refractivity contribution in [1.29, 1.82) is 0 Å². The molecule has 2 fully saturated rings. The van der Waals surface area contributed by atoms with E-state index in [1.54, 1.807) is 24.1 Å². The van der Waals surface area contributed by atoms with Gasteiger partial charge >= 0.3 is 0 Å². The summed E-state index contributed by atoms with van der Waals surface area (Å²) in [6.07, 6.45) is 5.49. The van der Waals surface area contributed by atoms with Crippen LogP contribution in [-0.2, 0) is 0 Å². The van der Waals surface area contributed by atoms with E-state index >= 15 is 0 Å². The third kappa shape index (κ3) is 6.15. The molecule has 34 heavy (non-hydrogen) atoms. The van der Waals surface area contributed by atoms with Gasteiger partial charge in [-0.15, -0.1) is 0 Å². The van der Waals surface area contributed by atoms with Gasteiger partial charge in [0.1, 0.15) is 30.3 Å². The monoisotopic (exact) mass is 468 g/mol. The second-order valence-electron chi connectivity index (χ2n) is 9.35. The number of nitrogens with zero attached hydrogens (tertiary/aromatic N) is 5. The number of β-amino-alcohol motifs (C(OH)–C–C–N with tert-alkyl or cyclic N) is 1. The minimum Gasteiger partial charge on any atom is -0.492 e. The number of benzene rings is 1. The molecule has 2 aliphatic rings. The predicted octanol–water partition coefficient (Wildman–Crippen LogP) is 2.10. The van der Waals surface area contributed by atoms with Gasteiger partial charge in [0.05, 0.1) is 12.1 Å². The summed E-state index contributed by atoms with van der Waals surface area (Å²) in [5.41, 5.74) is -0.455. The van der Waals surface area contributed by atoms with Gasteiger partial charge in [0.2, 0.25) is 0 Å². The number of carbonyl (C=O) groups excluding carboxylic acids is 1. The lowest BCUT2D eigenvalue weighted by atomic mass is 9.92. The number of ether oxygens (including phenoxy) is 1. The molecule has 1 unspecified atom stereocenters. The number of aromatic nitrogens is 2. The topological polar surface area (TPSA) is 94.1 Å². The largest absolute Gasteiger partial charge is 0.492 e. The molecule has 0 spiro atoms. The lowest BCUT2D eigenvalue weighted by molar-refractivity contribution is -0.000141. The molecule has 3 heterocycles. The number of hydrogen-bond donors (Lipinski definition) is 2. The van der Waals surface area contributed by atoms with Crippen LogP contribution in [0.3, 0.4) is 0 Å². The van der Waals surface area contributed by atoms with Gasteiger partial charge in [0.15, 0.2) is 0 Å². The third-order valence-electron chi connectivity index (χ3n) is 6.62. The molecule has 0 saturated carbocycles. The van der Waals surface area contributed by atoms with Crippen molar-refractivity contribution >= 4 is 17.5 Å². The fourth-order valence-electron chi connectivity index (χ4n) is 4.85. The number of hydrogen-bond acceptors (Lipinski definition) is 8. The van der Waals surface area contributed by atoms with Gasteiger partial charge in [-0.25, -0.2) is 9.97 Å². The normalized spacial score (nSPS) is 20.9. The summed E-state index contributed by atoms with van der Waals surface area (Å²) in [5.74, 6) is 2.07. The summed E-state index contributed by atoms with van der Waals surface area (Å²) in [5, 5.41) is 14.4. The summed E-state index contributed by atoms with van der Waals surface area (Å²) < 4.78 is 5.90. The van der Waals surface area contributed by atoms with Gasteiger partial charge in [-0.05, 0) is 57.0 Å². The van der Waals surface area contributed by atoms with Gasteiger partial charge in [0, 0.05) is 45.4 Å². The maximum absolute atomic E-state index is 13.1. The Morgan fingerprint density at radius 3 is 2.82 bits per heavy atom. The van der Waals surface area contributed by atoms with E-state index in [1.807, 2.05) is 25.2 Å². The zero-order valence-electron chi connectivity index (χ0n) is 20.2. The Bertz CT molecular complexity index is 967. The molecule has 9 nitrogen and oxygen atoms in total. The Hall–Kier alpha value is -2.91. The highest BCUT2D eigenvalue weighted by atomic mass is 16.5. The molecule has 184 valence electrons. The van der Waals surface area contributed by atoms with Gasteiger partial charge in [-0.1, -0.05) is 6.07 Å². The average Bonchev–Trinajstić information content (AvgIpc) is 3.37. The first-order valence-electron chi connectivity index (χ1n) is 12.1. The standard InChI is InChI=1S/C25H36N6O3/c1-26-22-16-23(28-19-27-22)31-12-6-9-25(33,18-31)17-29(2)24(32)20-7-5-8-21(15-20)34-14-13-30-10-3-4-11-30/h5,7-8,15-16,19,33H,3-4,6,9-14,17-18H2,1-2H3,(H,26,27,28). The molecule has 2 saturated heterocycles. The summed E-state index contributed by atoms with van der Waals surface area (Å²) in [6.45, 7) is 5.25. The van der Waals surface area contributed by atoms with Gasteiger partial charge in [-0.2, -0.15) is 0 Å². The number of aliphatic hydroxyl groups is 1. The van der Waals surface area contributed by atoms with Crippen molar-refractivity contribution in [3.05, 3.63) is 42.2 Å². The molecule has 2 N–H and O–H groups in total. The molecule has 4 rings (SSSR count). The molecule has 0 bridgehead atoms. The first-order valence-corrected chi connectivity index (χ1v) is 12.1. The van der Waals surface area contributed by atoms with E-state index in [0.717, 1.165) is 44.2 Å². The van der Waals surface area contributed by atoms with E-state index in [1.165, 1.54) is 19.2 Å². The molecule has 1 atom stereocenters. The van der Waals surface area contributed by atoms with Crippen LogP contribution in [0.4, 0.5) is 11.6 Å². The van der Waals surface area contributed by atoms with Crippen LogP contribution in [0.25, 0.3) is 0 Å². The van der Waals surface area contributed by atoms with Gasteiger partial charge in [0.25, 0.3) is 5.91 Å². The number of amides is 1. The molecule has 2 aromatic rings. The number of carbonyl (C=O) groups is 1. The Morgan fingerprint density at radius 1 is 1.21 bits per heavy atom. The van der Waals surface area contributed by atoms with Crippen molar-refractivity contribution in [1.82, 2.24) is 19.8 Å². The lowest BCUT2D eigenvalue weighted by Crippen LogP contribution is -2.54. The highest BCUT2D eigenvalue weighted by molar-refractivity contribution is 5.94. The first-order chi connectivity index (χ1) is 16.5. The molecule has 0 aliphatic carbocycles. The zero-order valence-corrected chi connectivity index (χ0v) is 20.2. The molecule has 0 radical (unpaired) electrons. The van der Waals surface area contributed by atoms with Gasteiger partial charge < -0.3 is 25.0 Å². The highest BCUT2D eigenvalue weighted by Crippen LogP contribution is 2.27. The fourth-order valence-corrected chi connectivity index (χ4v) is 4.85. The zero-order chi connectivity index (χ0) is 24.0. The van der Waals surface area contributed by atoms with E-state index in [0.29, 0.717) is 30.9 Å². The van der Waals surface area contributed by atoms with Crippen LogP contribution in [0.1, 0.15) is 36.0 Å². The summed E-state index contributed by atoms with van der Waals surface area (Å²) in [6, 6.07) is 9.19. The highest BCUT2D eigenvalue weighted by Gasteiger charge is 2.36. The van der Waals surface area contributed by atoms with E-state index in [-0.39, 0.29) is 12.5 Å². The number of piperidine rings is 1. The quantitative estimate of drug-likeness (QED) is 0.578. The summed E-state index contributed by atoms with van der Waals surface area (Å²) in [7, 11) is 3.55. The van der Waals surface area contributed by atoms with E-state index in [9.17, 15) is 9.90 Å². The molecule has 1 amide bonds. The first kappa shape index (κ1) is 24.2. The number of rotatable bonds is 9. The molecule has 1 aromatic carbocycles. The maximum Gasteiger partial charge on any atom is 0.253 e. The van der Waals surface area contributed by atoms with Gasteiger partial charge in [-0.3, -0.25) is 9.69 Å². The van der Waals surface area contributed by atoms with Crippen molar-refractivity contribution in [2.75, 3.05) is 70.2 Å². The number of likely N-dealkylation sites (tertiary alicyclic amines) is 1. The molecule has 1 aromatic heterocycles. The van der Waals surface area contributed by atoms with Crippen molar-refractivity contribution < 1.29 is 14.6 Å². The number of anilines is 2. The number of likely N-dealkylation sites (N-methyl/N-ethyl adjacent to an activating group) is 1. The van der Waals surface area contributed by atoms with Crippen LogP contribution < -0.4 is 15.0 Å². The Balaban J connectivity index is 1.34. The van der Waals surface area contributed by atoms with Crippen LogP contribution >= 0.6 is 0 Å².